The third-order valence-corrected chi connectivity index (χ3v) is 10.3. The first-order valence-electron chi connectivity index (χ1n) is 18.9. The van der Waals surface area contributed by atoms with Gasteiger partial charge in [0.2, 0.25) is 17.7 Å². The molecule has 4 aliphatic rings. The van der Waals surface area contributed by atoms with Gasteiger partial charge in [0.05, 0.1) is 18.2 Å². The molecule has 2 aliphatic carbocycles. The van der Waals surface area contributed by atoms with Crippen LogP contribution >= 0.6 is 0 Å². The van der Waals surface area contributed by atoms with Crippen molar-refractivity contribution in [3.05, 3.63) is 88.5 Å². The minimum absolute atomic E-state index is 0.0132. The maximum atomic E-state index is 14.3. The van der Waals surface area contributed by atoms with Gasteiger partial charge in [0.25, 0.3) is 0 Å². The molecule has 2 aliphatic heterocycles. The number of aliphatic hydroxyl groups excluding tert-OH is 1. The molecule has 1 spiro atoms. The van der Waals surface area contributed by atoms with Gasteiger partial charge < -0.3 is 39.2 Å². The van der Waals surface area contributed by atoms with Crippen LogP contribution in [-0.2, 0) is 51.0 Å². The minimum Gasteiger partial charge on any atom is -0.460 e. The van der Waals surface area contributed by atoms with Gasteiger partial charge in [0.1, 0.15) is 30.0 Å². The van der Waals surface area contributed by atoms with E-state index in [1.54, 1.807) is 71.3 Å². The lowest BCUT2D eigenvalue weighted by Gasteiger charge is -2.33. The molecule has 13 heteroatoms. The molecular formula is C42H51N3O10. The molecule has 0 aromatic heterocycles. The Kier molecular flexibility index (Phi) is 11.9. The van der Waals surface area contributed by atoms with Gasteiger partial charge in [-0.15, -0.1) is 0 Å². The molecule has 0 radical (unpaired) electrons. The summed E-state index contributed by atoms with van der Waals surface area (Å²) in [5.74, 6) is -2.96. The van der Waals surface area contributed by atoms with Crippen molar-refractivity contribution in [2.75, 3.05) is 27.2 Å². The number of fused-ring (bicyclic) bond motifs is 2. The fraction of sp³-hybridized carbons (Fsp3) is 0.500. The number of likely N-dealkylation sites (tertiary alicyclic amines) is 1. The molecule has 2 aromatic rings. The molecular weight excluding hydrogens is 706 g/mol. The monoisotopic (exact) mass is 757 g/mol. The predicted octanol–water partition coefficient (Wildman–Crippen LogP) is 3.51. The topological polar surface area (TPSA) is 161 Å². The Morgan fingerprint density at radius 3 is 2.36 bits per heavy atom. The zero-order chi connectivity index (χ0) is 39.5. The minimum atomic E-state index is -0.981. The molecule has 2 heterocycles. The zero-order valence-electron chi connectivity index (χ0n) is 32.1. The van der Waals surface area contributed by atoms with E-state index in [0.717, 1.165) is 16.7 Å². The third-order valence-electron chi connectivity index (χ3n) is 10.3. The van der Waals surface area contributed by atoms with Crippen LogP contribution in [0.25, 0.3) is 6.08 Å². The van der Waals surface area contributed by atoms with Crippen LogP contribution in [0.5, 0.6) is 0 Å². The molecule has 13 nitrogen and oxygen atoms in total. The summed E-state index contributed by atoms with van der Waals surface area (Å²) in [4.78, 5) is 68.7. The largest absolute Gasteiger partial charge is 0.460 e. The van der Waals surface area contributed by atoms with Crippen molar-refractivity contribution in [2.45, 2.75) is 108 Å². The van der Waals surface area contributed by atoms with E-state index in [1.165, 1.54) is 15.9 Å². The van der Waals surface area contributed by atoms with E-state index < -0.39 is 59.6 Å². The molecule has 2 N–H and O–H groups in total. The molecule has 55 heavy (non-hydrogen) atoms. The highest BCUT2D eigenvalue weighted by atomic mass is 16.8. The lowest BCUT2D eigenvalue weighted by molar-refractivity contribution is -0.172. The van der Waals surface area contributed by atoms with Crippen molar-refractivity contribution in [2.24, 2.45) is 0 Å². The number of carbonyl (C=O) groups is 5. The van der Waals surface area contributed by atoms with E-state index in [-0.39, 0.29) is 37.7 Å². The highest BCUT2D eigenvalue weighted by molar-refractivity contribution is 5.98. The van der Waals surface area contributed by atoms with Crippen LogP contribution in [0.15, 0.2) is 66.3 Å². The number of hydrogen-bond donors (Lipinski definition) is 2. The Bertz CT molecular complexity index is 1820. The van der Waals surface area contributed by atoms with E-state index in [1.807, 2.05) is 24.3 Å². The predicted molar refractivity (Wildman–Crippen MR) is 201 cm³/mol. The first kappa shape index (κ1) is 39.8. The second-order valence-electron chi connectivity index (χ2n) is 15.9. The number of benzene rings is 2. The van der Waals surface area contributed by atoms with E-state index in [0.29, 0.717) is 43.4 Å². The van der Waals surface area contributed by atoms with Gasteiger partial charge in [-0.2, -0.15) is 0 Å². The van der Waals surface area contributed by atoms with Crippen molar-refractivity contribution in [1.82, 2.24) is 15.1 Å². The maximum Gasteiger partial charge on any atom is 0.338 e. The number of ether oxygens (including phenoxy) is 4. The van der Waals surface area contributed by atoms with Crippen LogP contribution in [0, 0.1) is 0 Å². The number of amides is 3. The molecule has 2 aromatic carbocycles. The Morgan fingerprint density at radius 1 is 1.04 bits per heavy atom. The number of likely N-dealkylation sites (N-methyl/N-ethyl adjacent to an activating group) is 1. The zero-order valence-corrected chi connectivity index (χ0v) is 32.1. The number of carbonyl (C=O) groups excluding carboxylic acids is 5. The van der Waals surface area contributed by atoms with Gasteiger partial charge in [0.15, 0.2) is 5.79 Å². The fourth-order valence-electron chi connectivity index (χ4n) is 7.56. The summed E-state index contributed by atoms with van der Waals surface area (Å²) in [6, 6.07) is 13.2. The van der Waals surface area contributed by atoms with E-state index in [4.69, 9.17) is 18.9 Å². The Hall–Kier alpha value is -4.85. The summed E-state index contributed by atoms with van der Waals surface area (Å²) in [5, 5.41) is 12.8. The fourth-order valence-corrected chi connectivity index (χ4v) is 7.56. The van der Waals surface area contributed by atoms with Gasteiger partial charge in [0, 0.05) is 58.0 Å². The molecule has 0 bridgehead atoms. The summed E-state index contributed by atoms with van der Waals surface area (Å²) in [7, 11) is 3.32. The highest BCUT2D eigenvalue weighted by Gasteiger charge is 2.55. The van der Waals surface area contributed by atoms with Gasteiger partial charge in [-0.3, -0.25) is 19.2 Å². The quantitative estimate of drug-likeness (QED) is 0.257. The van der Waals surface area contributed by atoms with E-state index in [2.05, 4.69) is 5.32 Å². The second-order valence-corrected chi connectivity index (χ2v) is 15.9. The van der Waals surface area contributed by atoms with Crippen molar-refractivity contribution >= 4 is 35.7 Å². The summed E-state index contributed by atoms with van der Waals surface area (Å²) < 4.78 is 24.7. The average Bonchev–Trinajstić information content (AvgIpc) is 3.87. The molecule has 6 rings (SSSR count). The average molecular weight is 758 g/mol. The van der Waals surface area contributed by atoms with Crippen LogP contribution in [0.1, 0.15) is 79.9 Å². The van der Waals surface area contributed by atoms with Crippen LogP contribution < -0.4 is 5.32 Å². The second kappa shape index (κ2) is 16.5. The first-order valence-corrected chi connectivity index (χ1v) is 18.9. The smallest absolute Gasteiger partial charge is 0.338 e. The summed E-state index contributed by atoms with van der Waals surface area (Å²) in [5.41, 5.74) is 2.93. The number of nitrogens with one attached hydrogen (secondary N) is 1. The van der Waals surface area contributed by atoms with Gasteiger partial charge in [-0.05, 0) is 81.0 Å². The standard InChI is InChI=1S/C42H51N3O10/c1-41(2,3)54-36(48)19-17-31(25-46)43-38(49)32-11-8-20-45(32)39(50)30-21-33(52-40(51)27-15-12-26(13-16-27)14-18-35(47)44(4)5)37-34(22-30)53-42(55-37)23-28-9-6-7-10-29(28)24-42/h6-7,9-10,12-16,18,22,31-34,37,46H,8,11,17,19-21,23-25H2,1-5H3,(H,43,49). The van der Waals surface area contributed by atoms with Crippen LogP contribution in [0.2, 0.25) is 0 Å². The number of esters is 2. The SMILES string of the molecule is CN(C)C(=O)C=Cc1ccc(C(=O)OC2CC(C(=O)N3CCCC3C(=O)NC(CO)CCC(=O)OC(C)(C)C)=CC3OC4(Cc5ccccc5C4)OC32)cc1. The third kappa shape index (κ3) is 9.52. The van der Waals surface area contributed by atoms with E-state index >= 15 is 0 Å². The molecule has 0 saturated carbocycles. The van der Waals surface area contributed by atoms with Gasteiger partial charge in [-0.1, -0.05) is 36.4 Å². The summed E-state index contributed by atoms with van der Waals surface area (Å²) in [6.07, 6.45) is 4.89. The van der Waals surface area contributed by atoms with Crippen molar-refractivity contribution in [3.8, 4) is 0 Å². The number of hydrogen-bond acceptors (Lipinski definition) is 10. The molecule has 5 atom stereocenters. The highest BCUT2D eigenvalue weighted by Crippen LogP contribution is 2.45. The molecule has 3 amide bonds. The van der Waals surface area contributed by atoms with E-state index in [9.17, 15) is 29.1 Å². The Balaban J connectivity index is 1.17. The van der Waals surface area contributed by atoms with Gasteiger partial charge >= 0.3 is 11.9 Å². The molecule has 5 unspecified atom stereocenters. The van der Waals surface area contributed by atoms with Crippen LogP contribution in [0.4, 0.5) is 0 Å². The maximum absolute atomic E-state index is 14.3. The summed E-state index contributed by atoms with van der Waals surface area (Å²) in [6.45, 7) is 5.26. The van der Waals surface area contributed by atoms with Crippen molar-refractivity contribution < 1.29 is 48.0 Å². The Morgan fingerprint density at radius 2 is 1.73 bits per heavy atom. The normalized spacial score (nSPS) is 23.2. The number of aliphatic hydroxyl groups is 1. The molecule has 2 saturated heterocycles. The molecule has 294 valence electrons. The van der Waals surface area contributed by atoms with Gasteiger partial charge in [-0.25, -0.2) is 4.79 Å². The molecule has 2 fully saturated rings. The lowest BCUT2D eigenvalue weighted by atomic mass is 9.91. The Labute approximate surface area is 321 Å². The lowest BCUT2D eigenvalue weighted by Crippen LogP contribution is -2.51. The summed E-state index contributed by atoms with van der Waals surface area (Å²) >= 11 is 0. The number of nitrogens with zero attached hydrogens (tertiary/aromatic N) is 2. The van der Waals surface area contributed by atoms with Crippen LogP contribution in [0.3, 0.4) is 0 Å². The van der Waals surface area contributed by atoms with Crippen molar-refractivity contribution in [3.63, 3.8) is 0 Å². The van der Waals surface area contributed by atoms with Crippen molar-refractivity contribution in [1.29, 1.82) is 0 Å². The number of rotatable bonds is 11. The first-order chi connectivity index (χ1) is 26.1. The van der Waals surface area contributed by atoms with Crippen LogP contribution in [-0.4, -0.2) is 114 Å².